The molecule has 0 radical (unpaired) electrons. The molecule has 0 unspecified atom stereocenters. The number of halogens is 1. The van der Waals surface area contributed by atoms with E-state index in [0.717, 1.165) is 23.1 Å². The van der Waals surface area contributed by atoms with Gasteiger partial charge in [-0.1, -0.05) is 35.5 Å². The normalized spacial score (nSPS) is 10.8. The number of thioether (sulfide) groups is 1. The summed E-state index contributed by atoms with van der Waals surface area (Å²) in [6, 6.07) is 15.4. The number of para-hydroxylation sites is 1. The van der Waals surface area contributed by atoms with Crippen molar-refractivity contribution in [2.75, 3.05) is 22.2 Å². The molecule has 0 aliphatic heterocycles. The lowest BCUT2D eigenvalue weighted by Crippen LogP contribution is -2.20. The summed E-state index contributed by atoms with van der Waals surface area (Å²) in [6.45, 7) is 3.75. The van der Waals surface area contributed by atoms with Crippen LogP contribution in [0.1, 0.15) is 21.7 Å². The maximum atomic E-state index is 12.7. The number of benzene rings is 2. The molecule has 10 nitrogen and oxygen atoms in total. The largest absolute Gasteiger partial charge is 0.334 e. The Labute approximate surface area is 204 Å². The van der Waals surface area contributed by atoms with E-state index in [0.29, 0.717) is 33.1 Å². The van der Waals surface area contributed by atoms with Crippen LogP contribution >= 0.6 is 23.4 Å². The van der Waals surface area contributed by atoms with Crippen LogP contribution < -0.4 is 16.5 Å². The van der Waals surface area contributed by atoms with Gasteiger partial charge in [-0.15, -0.1) is 10.2 Å². The van der Waals surface area contributed by atoms with Crippen molar-refractivity contribution in [1.82, 2.24) is 24.7 Å². The molecule has 0 atom stereocenters. The van der Waals surface area contributed by atoms with Crippen LogP contribution in [0.25, 0.3) is 5.95 Å². The van der Waals surface area contributed by atoms with Gasteiger partial charge >= 0.3 is 0 Å². The maximum absolute atomic E-state index is 12.7. The topological polar surface area (TPSA) is 133 Å². The van der Waals surface area contributed by atoms with Crippen molar-refractivity contribution in [1.29, 1.82) is 0 Å². The summed E-state index contributed by atoms with van der Waals surface area (Å²) in [5.41, 5.74) is 2.99. The van der Waals surface area contributed by atoms with Gasteiger partial charge in [0.25, 0.3) is 11.9 Å². The molecule has 2 heterocycles. The van der Waals surface area contributed by atoms with Crippen molar-refractivity contribution in [3.05, 3.63) is 76.6 Å². The quantitative estimate of drug-likeness (QED) is 0.263. The highest BCUT2D eigenvalue weighted by Crippen LogP contribution is 2.21. The lowest BCUT2D eigenvalue weighted by molar-refractivity contribution is -0.113. The van der Waals surface area contributed by atoms with Crippen LogP contribution in [0.4, 0.5) is 11.4 Å². The Bertz CT molecular complexity index is 1350. The Morgan fingerprint density at radius 3 is 2.50 bits per heavy atom. The second-order valence-corrected chi connectivity index (χ2v) is 8.71. The molecule has 0 fully saturated rings. The molecule has 2 aromatic carbocycles. The number of hydrogen-bond acceptors (Lipinski definition) is 7. The molecule has 0 bridgehead atoms. The van der Waals surface area contributed by atoms with E-state index < -0.39 is 0 Å². The number of anilines is 2. The van der Waals surface area contributed by atoms with Crippen LogP contribution in [0, 0.1) is 13.8 Å². The number of hydrogen-bond donors (Lipinski definition) is 3. The van der Waals surface area contributed by atoms with Crippen molar-refractivity contribution in [2.24, 2.45) is 0 Å². The standard InChI is InChI=1S/C22H21ClN8O2S/c1-13-11-14(2)31(29-13)21-27-28-22(30(21)24)34-12-19(32)26-18-6-4-3-5-17(18)20(33)25-16-9-7-15(23)8-10-16/h3-11H,12,24H2,1-2H3,(H,25,33)(H,26,32). The van der Waals surface area contributed by atoms with Crippen molar-refractivity contribution in [3.63, 3.8) is 0 Å². The second kappa shape index (κ2) is 9.98. The predicted octanol–water partition coefficient (Wildman–Crippen LogP) is 3.43. The molecular formula is C22H21ClN8O2S. The zero-order valence-corrected chi connectivity index (χ0v) is 19.9. The first-order chi connectivity index (χ1) is 16.3. The highest BCUT2D eigenvalue weighted by molar-refractivity contribution is 7.99. The fourth-order valence-corrected chi connectivity index (χ4v) is 3.96. The van der Waals surface area contributed by atoms with E-state index in [-0.39, 0.29) is 17.6 Å². The van der Waals surface area contributed by atoms with Crippen LogP contribution in [0.15, 0.2) is 59.8 Å². The Hall–Kier alpha value is -3.83. The number of aromatic nitrogens is 5. The number of nitrogens with one attached hydrogen (secondary N) is 2. The molecular weight excluding hydrogens is 476 g/mol. The van der Waals surface area contributed by atoms with E-state index in [1.54, 1.807) is 53.2 Å². The first-order valence-corrected chi connectivity index (χ1v) is 11.5. The average molecular weight is 497 g/mol. The molecule has 2 amide bonds. The van der Waals surface area contributed by atoms with Gasteiger partial charge in [-0.05, 0) is 56.3 Å². The molecule has 0 aliphatic rings. The third kappa shape index (κ3) is 5.21. The van der Waals surface area contributed by atoms with E-state index in [1.165, 1.54) is 4.68 Å². The molecule has 0 saturated carbocycles. The molecule has 4 aromatic rings. The lowest BCUT2D eigenvalue weighted by Gasteiger charge is -2.11. The van der Waals surface area contributed by atoms with Gasteiger partial charge in [-0.3, -0.25) is 9.59 Å². The van der Waals surface area contributed by atoms with Crippen LogP contribution in [0.5, 0.6) is 0 Å². The van der Waals surface area contributed by atoms with Gasteiger partial charge < -0.3 is 16.5 Å². The summed E-state index contributed by atoms with van der Waals surface area (Å²) in [6.07, 6.45) is 0. The zero-order valence-electron chi connectivity index (χ0n) is 18.3. The van der Waals surface area contributed by atoms with Crippen LogP contribution in [0.2, 0.25) is 5.02 Å². The van der Waals surface area contributed by atoms with E-state index >= 15 is 0 Å². The van der Waals surface area contributed by atoms with Crippen molar-refractivity contribution in [2.45, 2.75) is 19.0 Å². The predicted molar refractivity (Wildman–Crippen MR) is 132 cm³/mol. The fraction of sp³-hybridized carbons (Fsp3) is 0.136. The Morgan fingerprint density at radius 2 is 1.79 bits per heavy atom. The SMILES string of the molecule is Cc1cc(C)n(-c2nnc(SCC(=O)Nc3ccccc3C(=O)Nc3ccc(Cl)cc3)n2N)n1. The molecule has 0 aliphatic carbocycles. The molecule has 34 heavy (non-hydrogen) atoms. The minimum absolute atomic E-state index is 0.0135. The van der Waals surface area contributed by atoms with E-state index in [2.05, 4.69) is 25.9 Å². The number of rotatable bonds is 7. The number of nitrogen functional groups attached to an aromatic ring is 1. The third-order valence-corrected chi connectivity index (χ3v) is 5.92. The number of amides is 2. The summed E-state index contributed by atoms with van der Waals surface area (Å²) in [4.78, 5) is 25.4. The number of carbonyl (C=O) groups excluding carboxylic acids is 2. The van der Waals surface area contributed by atoms with Gasteiger partial charge in [0.05, 0.1) is 22.7 Å². The second-order valence-electron chi connectivity index (χ2n) is 7.33. The average Bonchev–Trinajstić information content (AvgIpc) is 3.34. The number of nitrogens with two attached hydrogens (primary N) is 1. The third-order valence-electron chi connectivity index (χ3n) is 4.73. The molecule has 0 spiro atoms. The summed E-state index contributed by atoms with van der Waals surface area (Å²) >= 11 is 7.01. The van der Waals surface area contributed by atoms with Crippen molar-refractivity contribution >= 4 is 46.6 Å². The fourth-order valence-electron chi connectivity index (χ4n) is 3.18. The molecule has 174 valence electrons. The molecule has 12 heteroatoms. The van der Waals surface area contributed by atoms with Crippen LogP contribution in [0.3, 0.4) is 0 Å². The minimum atomic E-state index is -0.359. The summed E-state index contributed by atoms with van der Waals surface area (Å²) in [5.74, 6) is 5.79. The Balaban J connectivity index is 1.41. The smallest absolute Gasteiger partial charge is 0.271 e. The van der Waals surface area contributed by atoms with Gasteiger partial charge in [0.15, 0.2) is 0 Å². The van der Waals surface area contributed by atoms with Gasteiger partial charge in [-0.2, -0.15) is 5.10 Å². The zero-order chi connectivity index (χ0) is 24.2. The number of aryl methyl sites for hydroxylation is 2. The Morgan fingerprint density at radius 1 is 1.06 bits per heavy atom. The van der Waals surface area contributed by atoms with Gasteiger partial charge in [0, 0.05) is 16.4 Å². The van der Waals surface area contributed by atoms with E-state index in [1.807, 2.05) is 19.9 Å². The van der Waals surface area contributed by atoms with Crippen LogP contribution in [-0.2, 0) is 4.79 Å². The maximum Gasteiger partial charge on any atom is 0.271 e. The van der Waals surface area contributed by atoms with Crippen LogP contribution in [-0.4, -0.2) is 42.2 Å². The molecule has 4 rings (SSSR count). The highest BCUT2D eigenvalue weighted by atomic mass is 35.5. The van der Waals surface area contributed by atoms with E-state index in [4.69, 9.17) is 17.4 Å². The highest BCUT2D eigenvalue weighted by Gasteiger charge is 2.17. The summed E-state index contributed by atoms with van der Waals surface area (Å²) < 4.78 is 2.87. The summed E-state index contributed by atoms with van der Waals surface area (Å²) in [5, 5.41) is 19.0. The van der Waals surface area contributed by atoms with Crippen molar-refractivity contribution < 1.29 is 9.59 Å². The van der Waals surface area contributed by atoms with Crippen molar-refractivity contribution in [3.8, 4) is 5.95 Å². The van der Waals surface area contributed by atoms with Gasteiger partial charge in [0.1, 0.15) is 0 Å². The summed E-state index contributed by atoms with van der Waals surface area (Å²) in [7, 11) is 0. The number of nitrogens with zero attached hydrogens (tertiary/aromatic N) is 5. The first-order valence-electron chi connectivity index (χ1n) is 10.1. The molecule has 0 saturated heterocycles. The van der Waals surface area contributed by atoms with E-state index in [9.17, 15) is 9.59 Å². The van der Waals surface area contributed by atoms with Gasteiger partial charge in [-0.25, -0.2) is 9.36 Å². The van der Waals surface area contributed by atoms with Gasteiger partial charge in [0.2, 0.25) is 11.1 Å². The monoisotopic (exact) mass is 496 g/mol. The molecule has 4 N–H and O–H groups in total. The number of carbonyl (C=O) groups is 2. The minimum Gasteiger partial charge on any atom is -0.334 e. The molecule has 2 aromatic heterocycles. The lowest BCUT2D eigenvalue weighted by atomic mass is 10.1. The Kier molecular flexibility index (Phi) is 6.85. The first kappa shape index (κ1) is 23.3.